The van der Waals surface area contributed by atoms with Crippen LogP contribution in [0.1, 0.15) is 13.3 Å². The van der Waals surface area contributed by atoms with Crippen LogP contribution in [0.15, 0.2) is 29.3 Å². The average Bonchev–Trinajstić information content (AvgIpc) is 2.98. The molecule has 0 N–H and O–H groups in total. The predicted molar refractivity (Wildman–Crippen MR) is 92.0 cm³/mol. The second kappa shape index (κ2) is 6.16. The van der Waals surface area contributed by atoms with E-state index in [1.165, 1.54) is 11.8 Å². The molecule has 2 saturated heterocycles. The highest BCUT2D eigenvalue weighted by atomic mass is 32.2. The Morgan fingerprint density at radius 3 is 2.65 bits per heavy atom. The lowest BCUT2D eigenvalue weighted by molar-refractivity contribution is -0.117. The number of carbonyl (C=O) groups excluding carboxylic acids is 1. The Labute approximate surface area is 139 Å². The molecule has 1 amide bonds. The molecule has 0 bridgehead atoms. The number of nitrogens with zero attached hydrogens (tertiary/aromatic N) is 2. The van der Waals surface area contributed by atoms with Crippen molar-refractivity contribution < 1.29 is 17.9 Å². The molecule has 2 atom stereocenters. The van der Waals surface area contributed by atoms with Gasteiger partial charge in [0.05, 0.1) is 24.7 Å². The largest absolute Gasteiger partial charge is 0.497 e. The van der Waals surface area contributed by atoms with Gasteiger partial charge in [0.2, 0.25) is 5.91 Å². The van der Waals surface area contributed by atoms with Crippen LogP contribution in [0.5, 0.6) is 5.75 Å². The number of anilines is 1. The molecule has 2 aliphatic rings. The Morgan fingerprint density at radius 1 is 1.35 bits per heavy atom. The minimum Gasteiger partial charge on any atom is -0.497 e. The second-order valence-electron chi connectivity index (χ2n) is 5.51. The Balaban J connectivity index is 1.99. The maximum Gasteiger partial charge on any atom is 0.247 e. The standard InChI is InChI=1S/C15H18N2O4S2/c1-3-14(18)16-15-17(10-4-6-11(21-2)7-5-10)12-8-23(19,20)9-13(12)22-15/h4-7,12-13H,3,8-9H2,1-2H3/t12-,13-/m0/s1. The lowest BCUT2D eigenvalue weighted by Gasteiger charge is -2.24. The number of benzene rings is 1. The van der Waals surface area contributed by atoms with Crippen LogP contribution >= 0.6 is 11.8 Å². The lowest BCUT2D eigenvalue weighted by Crippen LogP contribution is -2.37. The lowest BCUT2D eigenvalue weighted by atomic mass is 10.2. The first-order valence-electron chi connectivity index (χ1n) is 7.35. The van der Waals surface area contributed by atoms with Crippen molar-refractivity contribution >= 4 is 38.4 Å². The summed E-state index contributed by atoms with van der Waals surface area (Å²) >= 11 is 1.38. The number of thioether (sulfide) groups is 1. The van der Waals surface area contributed by atoms with Crippen molar-refractivity contribution in [1.82, 2.24) is 0 Å². The fraction of sp³-hybridized carbons (Fsp3) is 0.467. The van der Waals surface area contributed by atoms with Gasteiger partial charge in [-0.2, -0.15) is 4.99 Å². The summed E-state index contributed by atoms with van der Waals surface area (Å²) < 4.78 is 29.0. The van der Waals surface area contributed by atoms with Crippen molar-refractivity contribution in [3.05, 3.63) is 24.3 Å². The van der Waals surface area contributed by atoms with Gasteiger partial charge in [0.15, 0.2) is 15.0 Å². The molecule has 0 aliphatic carbocycles. The van der Waals surface area contributed by atoms with E-state index in [2.05, 4.69) is 4.99 Å². The van der Waals surface area contributed by atoms with Crippen molar-refractivity contribution in [2.24, 2.45) is 4.99 Å². The first-order valence-corrected chi connectivity index (χ1v) is 10.1. The van der Waals surface area contributed by atoms with E-state index in [1.54, 1.807) is 14.0 Å². The van der Waals surface area contributed by atoms with Crippen molar-refractivity contribution in [2.45, 2.75) is 24.6 Å². The van der Waals surface area contributed by atoms with Crippen LogP contribution in [0.25, 0.3) is 0 Å². The van der Waals surface area contributed by atoms with Gasteiger partial charge in [-0.3, -0.25) is 4.79 Å². The monoisotopic (exact) mass is 354 g/mol. The molecule has 3 rings (SSSR count). The van der Waals surface area contributed by atoms with Gasteiger partial charge in [0.1, 0.15) is 5.75 Å². The molecule has 0 spiro atoms. The first kappa shape index (κ1) is 16.3. The van der Waals surface area contributed by atoms with E-state index in [9.17, 15) is 13.2 Å². The summed E-state index contributed by atoms with van der Waals surface area (Å²) in [5, 5.41) is 0.512. The van der Waals surface area contributed by atoms with Gasteiger partial charge in [0, 0.05) is 17.4 Å². The Kier molecular flexibility index (Phi) is 4.37. The highest BCUT2D eigenvalue weighted by molar-refractivity contribution is 8.16. The molecule has 124 valence electrons. The van der Waals surface area contributed by atoms with Gasteiger partial charge >= 0.3 is 0 Å². The maximum absolute atomic E-state index is 11.9. The minimum absolute atomic E-state index is 0.0782. The predicted octanol–water partition coefficient (Wildman–Crippen LogP) is 1.71. The molecular weight excluding hydrogens is 336 g/mol. The van der Waals surface area contributed by atoms with E-state index >= 15 is 0 Å². The number of ether oxygens (including phenoxy) is 1. The molecule has 23 heavy (non-hydrogen) atoms. The van der Waals surface area contributed by atoms with Gasteiger partial charge in [-0.1, -0.05) is 18.7 Å². The van der Waals surface area contributed by atoms with Crippen LogP contribution < -0.4 is 9.64 Å². The zero-order valence-electron chi connectivity index (χ0n) is 12.9. The fourth-order valence-corrected chi connectivity index (χ4v) is 6.73. The number of rotatable bonds is 3. The summed E-state index contributed by atoms with van der Waals surface area (Å²) in [6, 6.07) is 7.17. The summed E-state index contributed by atoms with van der Waals surface area (Å²) in [5.74, 6) is 0.748. The van der Waals surface area contributed by atoms with Crippen LogP contribution in [-0.4, -0.2) is 49.4 Å². The summed E-state index contributed by atoms with van der Waals surface area (Å²) in [5.41, 5.74) is 0.825. The molecule has 1 aromatic carbocycles. The van der Waals surface area contributed by atoms with Gasteiger partial charge in [0.25, 0.3) is 0 Å². The second-order valence-corrected chi connectivity index (χ2v) is 8.87. The van der Waals surface area contributed by atoms with Gasteiger partial charge in [-0.25, -0.2) is 8.42 Å². The third kappa shape index (κ3) is 3.23. The number of amidine groups is 1. The molecule has 6 nitrogen and oxygen atoms in total. The maximum atomic E-state index is 11.9. The van der Waals surface area contributed by atoms with Crippen molar-refractivity contribution in [1.29, 1.82) is 0 Å². The fourth-order valence-electron chi connectivity index (χ4n) is 2.79. The van der Waals surface area contributed by atoms with E-state index in [0.717, 1.165) is 11.4 Å². The number of amides is 1. The normalized spacial score (nSPS) is 27.2. The Bertz CT molecular complexity index is 743. The van der Waals surface area contributed by atoms with Crippen LogP contribution in [-0.2, 0) is 14.6 Å². The van der Waals surface area contributed by atoms with Crippen molar-refractivity contribution in [3.63, 3.8) is 0 Å². The van der Waals surface area contributed by atoms with Crippen LogP contribution in [0.4, 0.5) is 5.69 Å². The molecule has 2 aliphatic heterocycles. The smallest absolute Gasteiger partial charge is 0.247 e. The summed E-state index contributed by atoms with van der Waals surface area (Å²) in [7, 11) is -1.45. The van der Waals surface area contributed by atoms with Crippen LogP contribution in [0.2, 0.25) is 0 Å². The van der Waals surface area contributed by atoms with Crippen molar-refractivity contribution in [2.75, 3.05) is 23.5 Å². The SMILES string of the molecule is CCC(=O)N=C1S[C@H]2CS(=O)(=O)C[C@@H]2N1c1ccc(OC)cc1. The van der Waals surface area contributed by atoms with Gasteiger partial charge in [-0.05, 0) is 24.3 Å². The number of fused-ring (bicyclic) bond motifs is 1. The topological polar surface area (TPSA) is 76.0 Å². The molecule has 2 heterocycles. The molecule has 2 fully saturated rings. The number of sulfone groups is 1. The third-order valence-corrected chi connectivity index (χ3v) is 7.15. The third-order valence-electron chi connectivity index (χ3n) is 3.94. The van der Waals surface area contributed by atoms with Crippen LogP contribution in [0, 0.1) is 0 Å². The van der Waals surface area contributed by atoms with Crippen molar-refractivity contribution in [3.8, 4) is 5.75 Å². The highest BCUT2D eigenvalue weighted by Crippen LogP contribution is 2.41. The number of carbonyl (C=O) groups is 1. The van der Waals surface area contributed by atoms with E-state index in [1.807, 2.05) is 29.2 Å². The molecular formula is C15H18N2O4S2. The summed E-state index contributed by atoms with van der Waals surface area (Å²) in [6.07, 6.45) is 0.328. The van der Waals surface area contributed by atoms with E-state index < -0.39 is 9.84 Å². The quantitative estimate of drug-likeness (QED) is 0.822. The molecule has 1 aromatic rings. The minimum atomic E-state index is -3.04. The molecule has 0 aromatic heterocycles. The zero-order chi connectivity index (χ0) is 16.6. The number of hydrogen-bond acceptors (Lipinski definition) is 5. The number of aliphatic imine (C=N–C) groups is 1. The molecule has 0 radical (unpaired) electrons. The van der Waals surface area contributed by atoms with E-state index in [4.69, 9.17) is 4.74 Å². The summed E-state index contributed by atoms with van der Waals surface area (Å²) in [6.45, 7) is 1.76. The number of methoxy groups -OCH3 is 1. The van der Waals surface area contributed by atoms with Crippen LogP contribution in [0.3, 0.4) is 0 Å². The van der Waals surface area contributed by atoms with Gasteiger partial charge in [-0.15, -0.1) is 0 Å². The molecule has 0 unspecified atom stereocenters. The van der Waals surface area contributed by atoms with Gasteiger partial charge < -0.3 is 9.64 Å². The molecule has 8 heteroatoms. The zero-order valence-corrected chi connectivity index (χ0v) is 14.6. The Morgan fingerprint density at radius 2 is 2.04 bits per heavy atom. The first-order chi connectivity index (χ1) is 10.9. The van der Waals surface area contributed by atoms with E-state index in [0.29, 0.717) is 11.6 Å². The highest BCUT2D eigenvalue weighted by Gasteiger charge is 2.49. The molecule has 0 saturated carbocycles. The van der Waals surface area contributed by atoms with E-state index in [-0.39, 0.29) is 28.7 Å². The Hall–Kier alpha value is -1.54. The average molecular weight is 354 g/mol. The number of hydrogen-bond donors (Lipinski definition) is 0. The summed E-state index contributed by atoms with van der Waals surface area (Å²) in [4.78, 5) is 17.8.